The van der Waals surface area contributed by atoms with Gasteiger partial charge in [0.05, 0.1) is 0 Å². The summed E-state index contributed by atoms with van der Waals surface area (Å²) < 4.78 is 0. The van der Waals surface area contributed by atoms with Crippen molar-refractivity contribution in [3.63, 3.8) is 0 Å². The number of rotatable bonds is 0. The molecular weight excluding hydrogens is 298 g/mol. The predicted molar refractivity (Wildman–Crippen MR) is 30.9 cm³/mol. The Morgan fingerprint density at radius 2 is 1.00 bits per heavy atom. The Bertz CT molecular complexity index is 3.90. The van der Waals surface area contributed by atoms with Crippen molar-refractivity contribution in [2.24, 2.45) is 0 Å². The van der Waals surface area contributed by atoms with Crippen LogP contribution in [0.1, 0.15) is 21.8 Å². The minimum absolute atomic E-state index is 0. The Labute approximate surface area is 67.1 Å². The average Bonchev–Trinajstić information content (AvgIpc) is 1.00. The fourth-order valence-electron chi connectivity index (χ4n) is 0. The van der Waals surface area contributed by atoms with Crippen LogP contribution in [0.15, 0.2) is 0 Å². The standard InChI is InChI=1S/C2H5.2CH4.CH3.U/c1-2;;;;/h1H2,2H3;2*1H4;1H3;/q-1;;;-1;+2. The first kappa shape index (κ1) is 61.3. The summed E-state index contributed by atoms with van der Waals surface area (Å²) in [5.41, 5.74) is 0. The van der Waals surface area contributed by atoms with Gasteiger partial charge in [-0.1, -0.05) is 14.9 Å². The van der Waals surface area contributed by atoms with Crippen molar-refractivity contribution in [1.29, 1.82) is 0 Å². The van der Waals surface area contributed by atoms with E-state index in [0.29, 0.717) is 0 Å². The predicted octanol–water partition coefficient (Wildman–Crippen LogP) is 2.56. The first-order valence-electron chi connectivity index (χ1n) is 0.707. The van der Waals surface area contributed by atoms with Crippen LogP contribution in [0.3, 0.4) is 0 Å². The van der Waals surface area contributed by atoms with Gasteiger partial charge in [0.1, 0.15) is 0 Å². The van der Waals surface area contributed by atoms with Gasteiger partial charge in [-0.15, -0.1) is 0 Å². The molecule has 0 rings (SSSR count). The summed E-state index contributed by atoms with van der Waals surface area (Å²) in [6.45, 7) is 5.00. The van der Waals surface area contributed by atoms with Gasteiger partial charge in [0.25, 0.3) is 0 Å². The van der Waals surface area contributed by atoms with Gasteiger partial charge in [0.2, 0.25) is 0 Å². The molecule has 0 aromatic carbocycles. The van der Waals surface area contributed by atoms with Crippen LogP contribution in [0.4, 0.5) is 0 Å². The van der Waals surface area contributed by atoms with E-state index in [-0.39, 0.29) is 53.4 Å². The first-order valence-corrected chi connectivity index (χ1v) is 0.707. The van der Waals surface area contributed by atoms with E-state index in [1.165, 1.54) is 0 Å². The van der Waals surface area contributed by atoms with Gasteiger partial charge in [0, 0.05) is 0 Å². The van der Waals surface area contributed by atoms with E-state index >= 15 is 0 Å². The minimum Gasteiger partial charge on any atom is -0.358 e. The van der Waals surface area contributed by atoms with Crippen LogP contribution in [0.25, 0.3) is 0 Å². The van der Waals surface area contributed by atoms with Crippen molar-refractivity contribution in [2.45, 2.75) is 21.8 Å². The molecule has 0 N–H and O–H groups in total. The molecule has 0 bridgehead atoms. The van der Waals surface area contributed by atoms with Gasteiger partial charge in [-0.3, -0.25) is 0 Å². The van der Waals surface area contributed by atoms with Crippen LogP contribution in [0.2, 0.25) is 0 Å². The van der Waals surface area contributed by atoms with Crippen LogP contribution < -0.4 is 0 Å². The zero-order valence-electron chi connectivity index (χ0n) is 3.21. The van der Waals surface area contributed by atoms with E-state index in [1.807, 2.05) is 0 Å². The van der Waals surface area contributed by atoms with Crippen molar-refractivity contribution in [2.75, 3.05) is 0 Å². The summed E-state index contributed by atoms with van der Waals surface area (Å²) >= 11 is 0. The Morgan fingerprint density at radius 3 is 1.00 bits per heavy atom. The second kappa shape index (κ2) is 140. The van der Waals surface area contributed by atoms with Crippen LogP contribution in [0.5, 0.6) is 0 Å². The molecule has 0 nitrogen and oxygen atoms in total. The molecule has 0 spiro atoms. The molecule has 0 amide bonds. The zero-order chi connectivity index (χ0) is 2.00. The van der Waals surface area contributed by atoms with E-state index < -0.39 is 0 Å². The largest absolute Gasteiger partial charge is 2.00 e. The number of hydrogen-bond donors (Lipinski definition) is 0. The molecule has 0 unspecified atom stereocenters. The third-order valence-corrected chi connectivity index (χ3v) is 0. The van der Waals surface area contributed by atoms with Crippen molar-refractivity contribution in [1.82, 2.24) is 0 Å². The molecule has 0 radical (unpaired) electrons. The minimum atomic E-state index is 0. The van der Waals surface area contributed by atoms with Crippen molar-refractivity contribution in [3.05, 3.63) is 14.4 Å². The van der Waals surface area contributed by atoms with Crippen LogP contribution in [0, 0.1) is 45.5 Å². The molecule has 0 saturated carbocycles. The summed E-state index contributed by atoms with van der Waals surface area (Å²) in [7, 11) is 0. The fraction of sp³-hybridized carbons (Fsp3) is 0.600. The van der Waals surface area contributed by atoms with Gasteiger partial charge < -0.3 is 14.4 Å². The maximum Gasteiger partial charge on any atom is 2.00 e. The van der Waals surface area contributed by atoms with Gasteiger partial charge in [-0.2, -0.15) is 6.92 Å². The third kappa shape index (κ3) is 75.0. The fourth-order valence-corrected chi connectivity index (χ4v) is 0. The van der Waals surface area contributed by atoms with Crippen LogP contribution >= 0.6 is 0 Å². The number of hydrogen-bond acceptors (Lipinski definition) is 0. The molecule has 1 heteroatoms. The second-order valence-electron chi connectivity index (χ2n) is 0. The molecule has 40 valence electrons. The smallest absolute Gasteiger partial charge is 0.358 e. The summed E-state index contributed by atoms with van der Waals surface area (Å²) in [5, 5.41) is 0. The monoisotopic (exact) mass is 314 g/mol. The van der Waals surface area contributed by atoms with E-state index in [9.17, 15) is 0 Å². The van der Waals surface area contributed by atoms with E-state index in [4.69, 9.17) is 0 Å². The molecule has 0 aromatic rings. The van der Waals surface area contributed by atoms with Gasteiger partial charge >= 0.3 is 31.1 Å². The van der Waals surface area contributed by atoms with Gasteiger partial charge in [0.15, 0.2) is 0 Å². The maximum absolute atomic E-state index is 3.25. The summed E-state index contributed by atoms with van der Waals surface area (Å²) in [6.07, 6.45) is 0. The quantitative estimate of drug-likeness (QED) is 0.603. The normalized spacial score (nSPS) is 1.00. The molecular formula is C5H16U. The van der Waals surface area contributed by atoms with Crippen LogP contribution in [-0.2, 0) is 0 Å². The molecule has 6 heavy (non-hydrogen) atoms. The Hall–Kier alpha value is 1.05. The van der Waals surface area contributed by atoms with Crippen molar-refractivity contribution < 1.29 is 31.1 Å². The van der Waals surface area contributed by atoms with E-state index in [2.05, 4.69) is 6.92 Å². The van der Waals surface area contributed by atoms with E-state index in [1.54, 1.807) is 6.92 Å². The summed E-state index contributed by atoms with van der Waals surface area (Å²) in [4.78, 5) is 0. The van der Waals surface area contributed by atoms with Crippen molar-refractivity contribution in [3.8, 4) is 0 Å². The molecule has 0 aliphatic carbocycles. The van der Waals surface area contributed by atoms with Gasteiger partial charge in [-0.05, 0) is 0 Å². The van der Waals surface area contributed by atoms with Gasteiger partial charge in [-0.25, -0.2) is 0 Å². The topological polar surface area (TPSA) is 0 Å². The average molecular weight is 314 g/mol. The third-order valence-electron chi connectivity index (χ3n) is 0. The Kier molecular flexibility index (Phi) is 1430. The molecule has 0 atom stereocenters. The van der Waals surface area contributed by atoms with Crippen LogP contribution in [-0.4, -0.2) is 0 Å². The molecule has 0 fully saturated rings. The molecule has 0 saturated heterocycles. The molecule has 0 aromatic heterocycles. The molecule has 0 aliphatic heterocycles. The first-order chi connectivity index (χ1) is 1.00. The maximum atomic E-state index is 3.25. The van der Waals surface area contributed by atoms with Crippen molar-refractivity contribution >= 4 is 0 Å². The Morgan fingerprint density at radius 1 is 1.00 bits per heavy atom. The summed E-state index contributed by atoms with van der Waals surface area (Å²) in [6, 6.07) is 0. The Balaban J connectivity index is -0.000000000833. The zero-order valence-corrected chi connectivity index (χ0v) is 7.37. The van der Waals surface area contributed by atoms with E-state index in [0.717, 1.165) is 0 Å². The summed E-state index contributed by atoms with van der Waals surface area (Å²) in [5.74, 6) is 0. The SMILES string of the molecule is C.C.[CH2-]C.[CH3-].[U+2]. The second-order valence-corrected chi connectivity index (χ2v) is 0. The molecule has 0 aliphatic rings. The molecule has 0 heterocycles.